The fraction of sp³-hybridized carbons (Fsp3) is 0.308. The molecule has 4 heteroatoms. The first-order valence-corrected chi connectivity index (χ1v) is 5.77. The number of likely N-dealkylation sites (N-methyl/N-ethyl adjacent to an activating group) is 1. The normalized spacial score (nSPS) is 12.3. The fourth-order valence-corrected chi connectivity index (χ4v) is 1.80. The molecule has 4 nitrogen and oxygen atoms in total. The van der Waals surface area contributed by atoms with Gasteiger partial charge in [0.1, 0.15) is 6.33 Å². The molecular weight excluding hydrogens is 212 g/mol. The zero-order valence-corrected chi connectivity index (χ0v) is 9.87. The Kier molecular flexibility index (Phi) is 4.16. The molecule has 0 aliphatic rings. The molecule has 0 bridgehead atoms. The SMILES string of the molecule is CCNC(Cc1cccnc1)c1cncnc1. The van der Waals surface area contributed by atoms with Crippen molar-refractivity contribution in [2.45, 2.75) is 19.4 Å². The first-order chi connectivity index (χ1) is 8.40. The summed E-state index contributed by atoms with van der Waals surface area (Å²) in [4.78, 5) is 12.3. The summed E-state index contributed by atoms with van der Waals surface area (Å²) in [5.74, 6) is 0. The molecule has 2 heterocycles. The van der Waals surface area contributed by atoms with Crippen LogP contribution < -0.4 is 5.32 Å². The maximum Gasteiger partial charge on any atom is 0.115 e. The van der Waals surface area contributed by atoms with Gasteiger partial charge >= 0.3 is 0 Å². The molecule has 1 atom stereocenters. The second-order valence-electron chi connectivity index (χ2n) is 3.85. The number of pyridine rings is 1. The van der Waals surface area contributed by atoms with E-state index in [1.165, 1.54) is 5.56 Å². The molecule has 17 heavy (non-hydrogen) atoms. The van der Waals surface area contributed by atoms with E-state index < -0.39 is 0 Å². The standard InChI is InChI=1S/C13H16N4/c1-2-17-13(12-8-15-10-16-9-12)6-11-4-3-5-14-7-11/h3-5,7-10,13,17H,2,6H2,1H3. The van der Waals surface area contributed by atoms with Crippen LogP contribution in [0.1, 0.15) is 24.1 Å². The number of hydrogen-bond donors (Lipinski definition) is 1. The van der Waals surface area contributed by atoms with Crippen LogP contribution in [0, 0.1) is 0 Å². The fourth-order valence-electron chi connectivity index (χ4n) is 1.80. The van der Waals surface area contributed by atoms with Gasteiger partial charge in [0.05, 0.1) is 0 Å². The molecule has 0 amide bonds. The predicted octanol–water partition coefficient (Wildman–Crippen LogP) is 1.76. The van der Waals surface area contributed by atoms with Crippen molar-refractivity contribution in [1.29, 1.82) is 0 Å². The molecule has 0 radical (unpaired) electrons. The maximum absolute atomic E-state index is 4.13. The minimum Gasteiger partial charge on any atom is -0.310 e. The van der Waals surface area contributed by atoms with Crippen molar-refractivity contribution in [3.05, 3.63) is 54.4 Å². The lowest BCUT2D eigenvalue weighted by Gasteiger charge is -2.17. The van der Waals surface area contributed by atoms with Crippen LogP contribution in [0.25, 0.3) is 0 Å². The Hall–Kier alpha value is -1.81. The van der Waals surface area contributed by atoms with Crippen LogP contribution in [0.15, 0.2) is 43.2 Å². The number of aromatic nitrogens is 3. The summed E-state index contributed by atoms with van der Waals surface area (Å²) in [6, 6.07) is 4.28. The number of nitrogens with one attached hydrogen (secondary N) is 1. The number of hydrogen-bond acceptors (Lipinski definition) is 4. The van der Waals surface area contributed by atoms with Crippen molar-refractivity contribution in [2.24, 2.45) is 0 Å². The van der Waals surface area contributed by atoms with Crippen LogP contribution >= 0.6 is 0 Å². The van der Waals surface area contributed by atoms with Crippen molar-refractivity contribution < 1.29 is 0 Å². The average Bonchev–Trinajstić information content (AvgIpc) is 2.40. The number of nitrogens with zero attached hydrogens (tertiary/aromatic N) is 3. The van der Waals surface area contributed by atoms with Crippen molar-refractivity contribution in [1.82, 2.24) is 20.3 Å². The van der Waals surface area contributed by atoms with E-state index in [-0.39, 0.29) is 6.04 Å². The van der Waals surface area contributed by atoms with E-state index >= 15 is 0 Å². The molecule has 0 spiro atoms. The van der Waals surface area contributed by atoms with Crippen molar-refractivity contribution in [2.75, 3.05) is 6.54 Å². The highest BCUT2D eigenvalue weighted by Gasteiger charge is 2.11. The van der Waals surface area contributed by atoms with E-state index in [0.29, 0.717) is 0 Å². The molecule has 0 aromatic carbocycles. The molecule has 2 aromatic rings. The highest BCUT2D eigenvalue weighted by atomic mass is 14.9. The van der Waals surface area contributed by atoms with Gasteiger partial charge in [-0.2, -0.15) is 0 Å². The molecule has 0 aliphatic heterocycles. The summed E-state index contributed by atoms with van der Waals surface area (Å²) >= 11 is 0. The lowest BCUT2D eigenvalue weighted by molar-refractivity contribution is 0.545. The lowest BCUT2D eigenvalue weighted by Crippen LogP contribution is -2.23. The summed E-state index contributed by atoms with van der Waals surface area (Å²) in [6.45, 7) is 3.01. The van der Waals surface area contributed by atoms with Gasteiger partial charge in [-0.15, -0.1) is 0 Å². The first kappa shape index (κ1) is 11.7. The Labute approximate surface area is 101 Å². The Morgan fingerprint density at radius 1 is 1.18 bits per heavy atom. The van der Waals surface area contributed by atoms with E-state index in [4.69, 9.17) is 0 Å². The van der Waals surface area contributed by atoms with Gasteiger partial charge < -0.3 is 5.32 Å². The van der Waals surface area contributed by atoms with Gasteiger partial charge in [-0.3, -0.25) is 4.98 Å². The first-order valence-electron chi connectivity index (χ1n) is 5.77. The molecule has 0 saturated carbocycles. The molecule has 1 N–H and O–H groups in total. The van der Waals surface area contributed by atoms with Gasteiger partial charge in [-0.25, -0.2) is 9.97 Å². The van der Waals surface area contributed by atoms with E-state index in [1.54, 1.807) is 12.5 Å². The van der Waals surface area contributed by atoms with Gasteiger partial charge in [0, 0.05) is 36.4 Å². The van der Waals surface area contributed by atoms with Crippen LogP contribution in [0.2, 0.25) is 0 Å². The monoisotopic (exact) mass is 228 g/mol. The van der Waals surface area contributed by atoms with Gasteiger partial charge in [-0.1, -0.05) is 13.0 Å². The molecule has 0 saturated heterocycles. The summed E-state index contributed by atoms with van der Waals surface area (Å²) < 4.78 is 0. The summed E-state index contributed by atoms with van der Waals surface area (Å²) in [5.41, 5.74) is 2.32. The topological polar surface area (TPSA) is 50.7 Å². The average molecular weight is 228 g/mol. The van der Waals surface area contributed by atoms with Gasteiger partial charge in [0.15, 0.2) is 0 Å². The van der Waals surface area contributed by atoms with Gasteiger partial charge in [0.2, 0.25) is 0 Å². The third-order valence-electron chi connectivity index (χ3n) is 2.60. The van der Waals surface area contributed by atoms with Crippen LogP contribution in [-0.4, -0.2) is 21.5 Å². The molecule has 0 fully saturated rings. The van der Waals surface area contributed by atoms with Gasteiger partial charge in [-0.05, 0) is 24.6 Å². The van der Waals surface area contributed by atoms with Gasteiger partial charge in [0.25, 0.3) is 0 Å². The van der Waals surface area contributed by atoms with Crippen molar-refractivity contribution in [3.8, 4) is 0 Å². The van der Waals surface area contributed by atoms with Crippen LogP contribution in [0.5, 0.6) is 0 Å². The molecule has 88 valence electrons. The lowest BCUT2D eigenvalue weighted by atomic mass is 10.0. The van der Waals surface area contributed by atoms with Crippen LogP contribution in [0.4, 0.5) is 0 Å². The van der Waals surface area contributed by atoms with Crippen LogP contribution in [-0.2, 0) is 6.42 Å². The van der Waals surface area contributed by atoms with Crippen molar-refractivity contribution >= 4 is 0 Å². The third-order valence-corrected chi connectivity index (χ3v) is 2.60. The van der Waals surface area contributed by atoms with Crippen LogP contribution in [0.3, 0.4) is 0 Å². The molecular formula is C13H16N4. The third kappa shape index (κ3) is 3.32. The van der Waals surface area contributed by atoms with E-state index in [1.807, 2.05) is 24.7 Å². The second kappa shape index (κ2) is 6.06. The Bertz CT molecular complexity index is 430. The molecule has 2 rings (SSSR count). The van der Waals surface area contributed by atoms with E-state index in [9.17, 15) is 0 Å². The predicted molar refractivity (Wildman–Crippen MR) is 66.4 cm³/mol. The van der Waals surface area contributed by atoms with E-state index in [0.717, 1.165) is 18.5 Å². The second-order valence-corrected chi connectivity index (χ2v) is 3.85. The molecule has 2 aromatic heterocycles. The minimum absolute atomic E-state index is 0.241. The Morgan fingerprint density at radius 2 is 2.00 bits per heavy atom. The zero-order chi connectivity index (χ0) is 11.9. The Balaban J connectivity index is 2.13. The highest BCUT2D eigenvalue weighted by molar-refractivity contribution is 5.17. The smallest absolute Gasteiger partial charge is 0.115 e. The minimum atomic E-state index is 0.241. The number of rotatable bonds is 5. The summed E-state index contributed by atoms with van der Waals surface area (Å²) in [7, 11) is 0. The maximum atomic E-state index is 4.13. The Morgan fingerprint density at radius 3 is 2.65 bits per heavy atom. The summed E-state index contributed by atoms with van der Waals surface area (Å²) in [6.07, 6.45) is 9.85. The molecule has 1 unspecified atom stereocenters. The zero-order valence-electron chi connectivity index (χ0n) is 9.87. The van der Waals surface area contributed by atoms with E-state index in [2.05, 4.69) is 33.3 Å². The largest absolute Gasteiger partial charge is 0.310 e. The summed E-state index contributed by atoms with van der Waals surface area (Å²) in [5, 5.41) is 3.44. The highest BCUT2D eigenvalue weighted by Crippen LogP contribution is 2.15. The quantitative estimate of drug-likeness (QED) is 0.847. The molecule has 0 aliphatic carbocycles. The van der Waals surface area contributed by atoms with Crippen molar-refractivity contribution in [3.63, 3.8) is 0 Å².